The molecular formula is C21H21ClN4O. The molecule has 1 N–H and O–H groups in total. The van der Waals surface area contributed by atoms with Crippen molar-refractivity contribution in [2.75, 3.05) is 0 Å². The van der Waals surface area contributed by atoms with Gasteiger partial charge < -0.3 is 5.32 Å². The predicted molar refractivity (Wildman–Crippen MR) is 106 cm³/mol. The molecule has 27 heavy (non-hydrogen) atoms. The Morgan fingerprint density at radius 2 is 1.93 bits per heavy atom. The van der Waals surface area contributed by atoms with E-state index in [2.05, 4.69) is 15.3 Å². The Morgan fingerprint density at radius 3 is 2.67 bits per heavy atom. The molecule has 2 heterocycles. The fraction of sp³-hybridized carbons (Fsp3) is 0.286. The van der Waals surface area contributed by atoms with Crippen molar-refractivity contribution in [3.8, 4) is 17.1 Å². The summed E-state index contributed by atoms with van der Waals surface area (Å²) >= 11 is 6.39. The molecule has 3 aromatic rings. The molecule has 6 heteroatoms. The van der Waals surface area contributed by atoms with Crippen LogP contribution in [0, 0.1) is 0 Å². The summed E-state index contributed by atoms with van der Waals surface area (Å²) in [6, 6.07) is 11.5. The number of carbonyl (C=O) groups is 1. The summed E-state index contributed by atoms with van der Waals surface area (Å²) in [5.74, 6) is 0.486. The SMILES string of the molecule is O=C(NC1CCCCC1)c1cn(-c2cccnc2)c(-c2ccccc2Cl)n1. The molecule has 138 valence electrons. The van der Waals surface area contributed by atoms with Crippen LogP contribution >= 0.6 is 11.6 Å². The Labute approximate surface area is 163 Å². The van der Waals surface area contributed by atoms with Gasteiger partial charge in [0.15, 0.2) is 0 Å². The Kier molecular flexibility index (Phi) is 5.21. The van der Waals surface area contributed by atoms with Gasteiger partial charge in [0.05, 0.1) is 16.9 Å². The monoisotopic (exact) mass is 380 g/mol. The lowest BCUT2D eigenvalue weighted by Crippen LogP contribution is -2.36. The second-order valence-corrected chi connectivity index (χ2v) is 7.23. The lowest BCUT2D eigenvalue weighted by Gasteiger charge is -2.22. The van der Waals surface area contributed by atoms with Crippen LogP contribution in [0.1, 0.15) is 42.6 Å². The first-order valence-electron chi connectivity index (χ1n) is 9.28. The average molecular weight is 381 g/mol. The summed E-state index contributed by atoms with van der Waals surface area (Å²) in [4.78, 5) is 21.6. The highest BCUT2D eigenvalue weighted by molar-refractivity contribution is 6.33. The molecule has 0 radical (unpaired) electrons. The summed E-state index contributed by atoms with van der Waals surface area (Å²) in [5, 5.41) is 3.72. The molecule has 0 bridgehead atoms. The van der Waals surface area contributed by atoms with Crippen molar-refractivity contribution in [2.24, 2.45) is 0 Å². The number of pyridine rings is 1. The fourth-order valence-electron chi connectivity index (χ4n) is 3.52. The number of halogens is 1. The van der Waals surface area contributed by atoms with E-state index in [1.807, 2.05) is 41.0 Å². The minimum atomic E-state index is -0.141. The number of nitrogens with zero attached hydrogens (tertiary/aromatic N) is 3. The van der Waals surface area contributed by atoms with Crippen LogP contribution in [0.2, 0.25) is 5.02 Å². The van der Waals surface area contributed by atoms with Gasteiger partial charge in [-0.25, -0.2) is 4.98 Å². The Morgan fingerprint density at radius 1 is 1.11 bits per heavy atom. The standard InChI is InChI=1S/C21H21ClN4O/c22-18-11-5-4-10-17(18)20-25-19(14-26(20)16-9-6-12-23-13-16)21(27)24-15-7-2-1-3-8-15/h4-6,9-15H,1-3,7-8H2,(H,24,27). The van der Waals surface area contributed by atoms with Crippen LogP contribution in [0.25, 0.3) is 17.1 Å². The number of nitrogens with one attached hydrogen (secondary N) is 1. The molecule has 1 amide bonds. The van der Waals surface area contributed by atoms with Gasteiger partial charge in [0.2, 0.25) is 0 Å². The largest absolute Gasteiger partial charge is 0.348 e. The Hall–Kier alpha value is -2.66. The smallest absolute Gasteiger partial charge is 0.271 e. The van der Waals surface area contributed by atoms with Crippen LogP contribution in [0.15, 0.2) is 55.0 Å². The number of imidazole rings is 1. The normalized spacial score (nSPS) is 14.9. The lowest BCUT2D eigenvalue weighted by molar-refractivity contribution is 0.0923. The Bertz CT molecular complexity index is 932. The first-order valence-corrected chi connectivity index (χ1v) is 9.66. The van der Waals surface area contributed by atoms with E-state index in [0.29, 0.717) is 16.5 Å². The maximum Gasteiger partial charge on any atom is 0.271 e. The number of benzene rings is 1. The predicted octanol–water partition coefficient (Wildman–Crippen LogP) is 4.65. The van der Waals surface area contributed by atoms with E-state index in [1.54, 1.807) is 18.6 Å². The molecule has 0 aliphatic heterocycles. The molecule has 0 atom stereocenters. The zero-order valence-corrected chi connectivity index (χ0v) is 15.7. The zero-order valence-electron chi connectivity index (χ0n) is 14.9. The highest BCUT2D eigenvalue weighted by atomic mass is 35.5. The van der Waals surface area contributed by atoms with Crippen LogP contribution in [0.3, 0.4) is 0 Å². The number of aromatic nitrogens is 3. The maximum atomic E-state index is 12.8. The van der Waals surface area contributed by atoms with Crippen LogP contribution < -0.4 is 5.32 Å². The van der Waals surface area contributed by atoms with E-state index in [9.17, 15) is 4.79 Å². The van der Waals surface area contributed by atoms with E-state index < -0.39 is 0 Å². The van der Waals surface area contributed by atoms with Gasteiger partial charge in [-0.05, 0) is 37.1 Å². The van der Waals surface area contributed by atoms with Crippen molar-refractivity contribution >= 4 is 17.5 Å². The minimum Gasteiger partial charge on any atom is -0.348 e. The van der Waals surface area contributed by atoms with Crippen LogP contribution in [-0.4, -0.2) is 26.5 Å². The van der Waals surface area contributed by atoms with E-state index in [-0.39, 0.29) is 11.9 Å². The summed E-state index contributed by atoms with van der Waals surface area (Å²) in [5.41, 5.74) is 2.00. The highest BCUT2D eigenvalue weighted by Gasteiger charge is 2.21. The minimum absolute atomic E-state index is 0.141. The van der Waals surface area contributed by atoms with Crippen molar-refractivity contribution < 1.29 is 4.79 Å². The third-order valence-electron chi connectivity index (χ3n) is 4.92. The summed E-state index contributed by atoms with van der Waals surface area (Å²) in [6.07, 6.45) is 10.9. The van der Waals surface area contributed by atoms with E-state index >= 15 is 0 Å². The second-order valence-electron chi connectivity index (χ2n) is 6.82. The Balaban J connectivity index is 1.71. The number of amides is 1. The summed E-state index contributed by atoms with van der Waals surface area (Å²) < 4.78 is 1.87. The van der Waals surface area contributed by atoms with Crippen molar-refractivity contribution in [1.82, 2.24) is 19.9 Å². The molecule has 1 saturated carbocycles. The van der Waals surface area contributed by atoms with E-state index in [1.165, 1.54) is 19.3 Å². The van der Waals surface area contributed by atoms with Crippen LogP contribution in [-0.2, 0) is 0 Å². The van der Waals surface area contributed by atoms with E-state index in [4.69, 9.17) is 11.6 Å². The molecule has 2 aromatic heterocycles. The van der Waals surface area contributed by atoms with Gasteiger partial charge in [0.1, 0.15) is 11.5 Å². The van der Waals surface area contributed by atoms with Crippen LogP contribution in [0.4, 0.5) is 0 Å². The number of hydrogen-bond acceptors (Lipinski definition) is 3. The van der Waals surface area contributed by atoms with Crippen molar-refractivity contribution in [3.63, 3.8) is 0 Å². The van der Waals surface area contributed by atoms with Crippen molar-refractivity contribution in [1.29, 1.82) is 0 Å². The zero-order chi connectivity index (χ0) is 18.6. The molecule has 0 spiro atoms. The molecule has 1 fully saturated rings. The first-order chi connectivity index (χ1) is 13.2. The summed E-state index contributed by atoms with van der Waals surface area (Å²) in [6.45, 7) is 0. The molecule has 4 rings (SSSR count). The third kappa shape index (κ3) is 3.88. The van der Waals surface area contributed by atoms with Gasteiger partial charge in [-0.3, -0.25) is 14.3 Å². The quantitative estimate of drug-likeness (QED) is 0.716. The molecular weight excluding hydrogens is 360 g/mol. The second kappa shape index (κ2) is 7.92. The van der Waals surface area contributed by atoms with Gasteiger partial charge >= 0.3 is 0 Å². The van der Waals surface area contributed by atoms with Gasteiger partial charge in [-0.2, -0.15) is 0 Å². The van der Waals surface area contributed by atoms with Gasteiger partial charge in [0, 0.05) is 24.0 Å². The summed E-state index contributed by atoms with van der Waals surface area (Å²) in [7, 11) is 0. The van der Waals surface area contributed by atoms with Gasteiger partial charge in [-0.1, -0.05) is 43.0 Å². The first kappa shape index (κ1) is 17.7. The topological polar surface area (TPSA) is 59.8 Å². The fourth-order valence-corrected chi connectivity index (χ4v) is 3.74. The number of carbonyl (C=O) groups excluding carboxylic acids is 1. The third-order valence-corrected chi connectivity index (χ3v) is 5.25. The molecule has 0 unspecified atom stereocenters. The molecule has 1 aromatic carbocycles. The lowest BCUT2D eigenvalue weighted by atomic mass is 9.95. The van der Waals surface area contributed by atoms with Crippen LogP contribution in [0.5, 0.6) is 0 Å². The van der Waals surface area contributed by atoms with E-state index in [0.717, 1.165) is 24.1 Å². The van der Waals surface area contributed by atoms with Crippen molar-refractivity contribution in [2.45, 2.75) is 38.1 Å². The molecule has 5 nitrogen and oxygen atoms in total. The molecule has 0 saturated heterocycles. The molecule has 1 aliphatic rings. The molecule has 1 aliphatic carbocycles. The average Bonchev–Trinajstić information content (AvgIpc) is 3.15. The van der Waals surface area contributed by atoms with Gasteiger partial charge in [-0.15, -0.1) is 0 Å². The highest BCUT2D eigenvalue weighted by Crippen LogP contribution is 2.29. The van der Waals surface area contributed by atoms with Crippen molar-refractivity contribution in [3.05, 3.63) is 65.7 Å². The van der Waals surface area contributed by atoms with Gasteiger partial charge in [0.25, 0.3) is 5.91 Å². The number of hydrogen-bond donors (Lipinski definition) is 1. The number of rotatable bonds is 4. The maximum absolute atomic E-state index is 12.8.